The lowest BCUT2D eigenvalue weighted by molar-refractivity contribution is -0.127. The standard InChI is InChI=1S/C26H35N5O4/c1-3-12-31-25(33)21-17-22(28-24(21)30(26(31)34)15-7-16-35-2)19-10-11-20(27-18-19)8-4-5-13-29-14-6-9-23(29)32/h10-11,18H,3-9,12-17H2,1-2H3. The summed E-state index contributed by atoms with van der Waals surface area (Å²) in [5.41, 5.74) is 2.66. The number of likely N-dealkylation sites (tertiary alicyclic amines) is 1. The molecule has 0 radical (unpaired) electrons. The van der Waals surface area contributed by atoms with Crippen LogP contribution >= 0.6 is 0 Å². The molecule has 1 saturated heterocycles. The monoisotopic (exact) mass is 481 g/mol. The number of hydrogen-bond acceptors (Lipinski definition) is 6. The van der Waals surface area contributed by atoms with E-state index in [4.69, 9.17) is 9.73 Å². The number of nitrogens with zero attached hydrogens (tertiary/aromatic N) is 5. The third-order valence-corrected chi connectivity index (χ3v) is 6.69. The highest BCUT2D eigenvalue weighted by atomic mass is 16.5. The first kappa shape index (κ1) is 25.0. The van der Waals surface area contributed by atoms with E-state index in [1.54, 1.807) is 11.7 Å². The highest BCUT2D eigenvalue weighted by Gasteiger charge is 2.26. The SMILES string of the molecule is CCCn1c(=O)c2c(n(CCCOC)c1=O)N=C(c1ccc(CCCCN3CCCC3=O)nc1)C2. The molecule has 2 aromatic heterocycles. The second-order valence-electron chi connectivity index (χ2n) is 9.25. The van der Waals surface area contributed by atoms with Gasteiger partial charge in [-0.1, -0.05) is 6.92 Å². The van der Waals surface area contributed by atoms with Crippen molar-refractivity contribution in [3.8, 4) is 0 Å². The molecule has 0 aliphatic carbocycles. The summed E-state index contributed by atoms with van der Waals surface area (Å²) in [6.07, 6.45) is 8.05. The molecule has 0 N–H and O–H groups in total. The minimum atomic E-state index is -0.305. The van der Waals surface area contributed by atoms with Gasteiger partial charge in [-0.2, -0.15) is 0 Å². The molecule has 4 rings (SSSR count). The fraction of sp³-hybridized carbons (Fsp3) is 0.577. The largest absolute Gasteiger partial charge is 0.385 e. The summed E-state index contributed by atoms with van der Waals surface area (Å²) in [5.74, 6) is 0.746. The molecule has 9 heteroatoms. The Morgan fingerprint density at radius 2 is 1.89 bits per heavy atom. The van der Waals surface area contributed by atoms with E-state index < -0.39 is 0 Å². The summed E-state index contributed by atoms with van der Waals surface area (Å²) in [6, 6.07) is 4.00. The second-order valence-corrected chi connectivity index (χ2v) is 9.25. The Balaban J connectivity index is 1.46. The van der Waals surface area contributed by atoms with Gasteiger partial charge in [-0.3, -0.25) is 23.7 Å². The van der Waals surface area contributed by atoms with Crippen molar-refractivity contribution in [2.24, 2.45) is 4.99 Å². The topological polar surface area (TPSA) is 98.8 Å². The van der Waals surface area contributed by atoms with Crippen molar-refractivity contribution in [2.75, 3.05) is 26.8 Å². The van der Waals surface area contributed by atoms with E-state index in [-0.39, 0.29) is 17.2 Å². The number of rotatable bonds is 12. The third kappa shape index (κ3) is 5.61. The maximum absolute atomic E-state index is 13.1. The van der Waals surface area contributed by atoms with E-state index >= 15 is 0 Å². The molecule has 4 heterocycles. The molecule has 188 valence electrons. The van der Waals surface area contributed by atoms with Crippen molar-refractivity contribution >= 4 is 17.4 Å². The van der Waals surface area contributed by atoms with Gasteiger partial charge in [0, 0.05) is 70.2 Å². The third-order valence-electron chi connectivity index (χ3n) is 6.69. The van der Waals surface area contributed by atoms with Gasteiger partial charge in [0.15, 0.2) is 0 Å². The summed E-state index contributed by atoms with van der Waals surface area (Å²) in [5, 5.41) is 0. The molecule has 2 aliphatic heterocycles. The van der Waals surface area contributed by atoms with E-state index in [9.17, 15) is 14.4 Å². The van der Waals surface area contributed by atoms with Crippen LogP contribution in [-0.2, 0) is 35.5 Å². The molecule has 0 spiro atoms. The van der Waals surface area contributed by atoms with Crippen molar-refractivity contribution in [1.82, 2.24) is 19.0 Å². The van der Waals surface area contributed by atoms with Gasteiger partial charge < -0.3 is 9.64 Å². The van der Waals surface area contributed by atoms with Crippen molar-refractivity contribution in [3.05, 3.63) is 56.0 Å². The van der Waals surface area contributed by atoms with Crippen LogP contribution in [0.4, 0.5) is 5.82 Å². The molecule has 2 aromatic rings. The lowest BCUT2D eigenvalue weighted by Gasteiger charge is -2.14. The van der Waals surface area contributed by atoms with Crippen LogP contribution < -0.4 is 11.2 Å². The van der Waals surface area contributed by atoms with E-state index in [0.29, 0.717) is 56.8 Å². The maximum atomic E-state index is 13.1. The number of aryl methyl sites for hydroxylation is 1. The number of pyridine rings is 1. The number of unbranched alkanes of at least 4 members (excludes halogenated alkanes) is 1. The zero-order valence-electron chi connectivity index (χ0n) is 20.8. The van der Waals surface area contributed by atoms with Gasteiger partial charge in [0.25, 0.3) is 5.56 Å². The summed E-state index contributed by atoms with van der Waals surface area (Å²) in [4.78, 5) is 49.1. The van der Waals surface area contributed by atoms with Gasteiger partial charge in [-0.05, 0) is 50.7 Å². The average Bonchev–Trinajstić information content (AvgIpc) is 3.49. The molecule has 0 aromatic carbocycles. The average molecular weight is 482 g/mol. The van der Waals surface area contributed by atoms with Crippen molar-refractivity contribution in [1.29, 1.82) is 0 Å². The smallest absolute Gasteiger partial charge is 0.332 e. The normalized spacial score (nSPS) is 15.1. The Labute approximate surface area is 205 Å². The first-order chi connectivity index (χ1) is 17.0. The molecule has 2 aliphatic rings. The molecular weight excluding hydrogens is 446 g/mol. The molecule has 0 saturated carbocycles. The van der Waals surface area contributed by atoms with Crippen LogP contribution in [0, 0.1) is 0 Å². The van der Waals surface area contributed by atoms with E-state index in [1.807, 2.05) is 30.2 Å². The van der Waals surface area contributed by atoms with Crippen LogP contribution in [0.1, 0.15) is 62.3 Å². The molecular formula is C26H35N5O4. The lowest BCUT2D eigenvalue weighted by atomic mass is 10.1. The number of ether oxygens (including phenoxy) is 1. The number of carbonyl (C=O) groups is 1. The van der Waals surface area contributed by atoms with E-state index in [1.165, 1.54) is 4.57 Å². The zero-order chi connectivity index (χ0) is 24.8. The van der Waals surface area contributed by atoms with Crippen molar-refractivity contribution in [2.45, 2.75) is 71.4 Å². The van der Waals surface area contributed by atoms with Gasteiger partial charge >= 0.3 is 5.69 Å². The fourth-order valence-corrected chi connectivity index (χ4v) is 4.81. The fourth-order valence-electron chi connectivity index (χ4n) is 4.81. The molecule has 1 fully saturated rings. The summed E-state index contributed by atoms with van der Waals surface area (Å²) >= 11 is 0. The number of aliphatic imine (C=N–C) groups is 1. The molecule has 0 unspecified atom stereocenters. The quantitative estimate of drug-likeness (QED) is 0.434. The summed E-state index contributed by atoms with van der Waals surface area (Å²) < 4.78 is 8.10. The van der Waals surface area contributed by atoms with Crippen molar-refractivity contribution in [3.63, 3.8) is 0 Å². The van der Waals surface area contributed by atoms with Crippen LogP contribution in [-0.4, -0.2) is 57.4 Å². The highest BCUT2D eigenvalue weighted by Crippen LogP contribution is 2.25. The molecule has 0 bridgehead atoms. The van der Waals surface area contributed by atoms with Crippen LogP contribution in [0.3, 0.4) is 0 Å². The van der Waals surface area contributed by atoms with Gasteiger partial charge in [-0.15, -0.1) is 0 Å². The van der Waals surface area contributed by atoms with Crippen LogP contribution in [0.2, 0.25) is 0 Å². The Hall–Kier alpha value is -3.07. The first-order valence-corrected chi connectivity index (χ1v) is 12.7. The van der Waals surface area contributed by atoms with Crippen LogP contribution in [0.15, 0.2) is 32.9 Å². The van der Waals surface area contributed by atoms with Crippen molar-refractivity contribution < 1.29 is 9.53 Å². The van der Waals surface area contributed by atoms with E-state index in [0.717, 1.165) is 55.7 Å². The maximum Gasteiger partial charge on any atom is 0.332 e. The minimum absolute atomic E-state index is 0.241. The van der Waals surface area contributed by atoms with Gasteiger partial charge in [0.2, 0.25) is 5.91 Å². The second kappa shape index (κ2) is 11.6. The number of amides is 1. The molecule has 9 nitrogen and oxygen atoms in total. The minimum Gasteiger partial charge on any atom is -0.385 e. The molecule has 1 amide bonds. The highest BCUT2D eigenvalue weighted by molar-refractivity contribution is 6.05. The first-order valence-electron chi connectivity index (χ1n) is 12.7. The number of fused-ring (bicyclic) bond motifs is 1. The Morgan fingerprint density at radius 1 is 1.03 bits per heavy atom. The Morgan fingerprint density at radius 3 is 2.57 bits per heavy atom. The van der Waals surface area contributed by atoms with Crippen LogP contribution in [0.5, 0.6) is 0 Å². The zero-order valence-corrected chi connectivity index (χ0v) is 20.8. The Bertz CT molecular complexity index is 1200. The molecule has 0 atom stereocenters. The number of hydrogen-bond donors (Lipinski definition) is 0. The number of methoxy groups -OCH3 is 1. The number of carbonyl (C=O) groups excluding carboxylic acids is 1. The summed E-state index contributed by atoms with van der Waals surface area (Å²) in [6.45, 7) is 5.05. The predicted octanol–water partition coefficient (Wildman–Crippen LogP) is 2.47. The summed E-state index contributed by atoms with van der Waals surface area (Å²) in [7, 11) is 1.63. The van der Waals surface area contributed by atoms with Crippen LogP contribution in [0.25, 0.3) is 0 Å². The van der Waals surface area contributed by atoms with Gasteiger partial charge in [0.05, 0.1) is 11.3 Å². The van der Waals surface area contributed by atoms with Gasteiger partial charge in [0.1, 0.15) is 5.82 Å². The Kier molecular flexibility index (Phi) is 8.28. The molecule has 35 heavy (non-hydrogen) atoms. The predicted molar refractivity (Wildman–Crippen MR) is 135 cm³/mol. The van der Waals surface area contributed by atoms with Gasteiger partial charge in [-0.25, -0.2) is 9.79 Å². The number of aromatic nitrogens is 3. The van der Waals surface area contributed by atoms with E-state index in [2.05, 4.69) is 4.98 Å². The lowest BCUT2D eigenvalue weighted by Crippen LogP contribution is -2.41.